The molecule has 0 bridgehead atoms. The van der Waals surface area contributed by atoms with Gasteiger partial charge in [-0.2, -0.15) is 0 Å². The Bertz CT molecular complexity index is 1040. The molecule has 0 fully saturated rings. The Morgan fingerprint density at radius 2 is 1.59 bits per heavy atom. The molecule has 0 aliphatic heterocycles. The highest BCUT2D eigenvalue weighted by Gasteiger charge is 2.35. The molecule has 4 atom stereocenters. The van der Waals surface area contributed by atoms with Crippen LogP contribution in [-0.4, -0.2) is 69.6 Å². The van der Waals surface area contributed by atoms with Crippen LogP contribution in [0.1, 0.15) is 56.0 Å². The summed E-state index contributed by atoms with van der Waals surface area (Å²) in [6.07, 6.45) is 1.21. The predicted molar refractivity (Wildman–Crippen MR) is 163 cm³/mol. The molecule has 2 amide bonds. The summed E-state index contributed by atoms with van der Waals surface area (Å²) in [7, 11) is 3.14. The molecule has 0 saturated carbocycles. The minimum atomic E-state index is -1.19. The molecule has 0 spiro atoms. The Hall–Kier alpha value is -2.69. The number of hydrogen-bond acceptors (Lipinski definition) is 7. The molecule has 2 rings (SSSR count). The molecule has 0 heterocycles. The zero-order valence-corrected chi connectivity index (χ0v) is 25.7. The number of unbranched alkanes of at least 4 members (excludes halogenated alkanes) is 1. The molecule has 0 unspecified atom stereocenters. The van der Waals surface area contributed by atoms with Gasteiger partial charge in [-0.05, 0) is 55.7 Å². The molecule has 5 N–H and O–H groups in total. The molecule has 0 aliphatic carbocycles. The second-order valence-corrected chi connectivity index (χ2v) is 10.5. The molecule has 230 valence electrons. The van der Waals surface area contributed by atoms with Gasteiger partial charge in [-0.25, -0.2) is 0 Å². The third-order valence-electron chi connectivity index (χ3n) is 7.31. The topological polar surface area (TPSA) is 132 Å². The first-order valence-corrected chi connectivity index (χ1v) is 14.0. The zero-order chi connectivity index (χ0) is 29.5. The van der Waals surface area contributed by atoms with Gasteiger partial charge in [0.2, 0.25) is 0 Å². The summed E-state index contributed by atoms with van der Waals surface area (Å²) in [6, 6.07) is 15.8. The van der Waals surface area contributed by atoms with Crippen LogP contribution in [0.5, 0.6) is 5.75 Å². The molecule has 0 aromatic heterocycles. The molecule has 0 aliphatic rings. The van der Waals surface area contributed by atoms with E-state index in [1.54, 1.807) is 32.2 Å². The van der Waals surface area contributed by atoms with Crippen molar-refractivity contribution in [1.29, 1.82) is 0 Å². The van der Waals surface area contributed by atoms with Gasteiger partial charge in [0.15, 0.2) is 5.60 Å². The van der Waals surface area contributed by atoms with E-state index in [0.717, 1.165) is 12.8 Å². The number of aliphatic hydroxyl groups excluding tert-OH is 1. The fourth-order valence-corrected chi connectivity index (χ4v) is 4.34. The van der Waals surface area contributed by atoms with E-state index in [-0.39, 0.29) is 42.6 Å². The Morgan fingerprint density at radius 1 is 0.951 bits per heavy atom. The SMILES string of the molecule is COCCCCOc1ccccc1C(=O)NC[C@@H](C[C@H](N)[C@@H](O)CNC(=O)[C@](C)(OC)c1ccccc1)C(C)C.Cl. The number of para-hydroxylation sites is 1. The lowest BCUT2D eigenvalue weighted by molar-refractivity contribution is -0.143. The van der Waals surface area contributed by atoms with Crippen molar-refractivity contribution >= 4 is 24.2 Å². The van der Waals surface area contributed by atoms with Gasteiger partial charge >= 0.3 is 0 Å². The number of aliphatic hydroxyl groups is 1. The number of ether oxygens (including phenoxy) is 3. The second kappa shape index (κ2) is 18.7. The van der Waals surface area contributed by atoms with E-state index in [2.05, 4.69) is 24.5 Å². The Morgan fingerprint density at radius 3 is 2.22 bits per heavy atom. The van der Waals surface area contributed by atoms with Gasteiger partial charge in [-0.15, -0.1) is 12.4 Å². The number of hydrogen-bond donors (Lipinski definition) is 4. The van der Waals surface area contributed by atoms with Crippen LogP contribution in [0.2, 0.25) is 0 Å². The highest BCUT2D eigenvalue weighted by atomic mass is 35.5. The van der Waals surface area contributed by atoms with E-state index in [4.69, 9.17) is 19.9 Å². The molecule has 2 aromatic rings. The van der Waals surface area contributed by atoms with Gasteiger partial charge in [-0.3, -0.25) is 9.59 Å². The van der Waals surface area contributed by atoms with E-state index >= 15 is 0 Å². The summed E-state index contributed by atoms with van der Waals surface area (Å²) in [4.78, 5) is 26.0. The summed E-state index contributed by atoms with van der Waals surface area (Å²) in [5.41, 5.74) is 6.34. The van der Waals surface area contributed by atoms with Gasteiger partial charge in [-0.1, -0.05) is 56.3 Å². The Balaban J connectivity index is 0.00000840. The maximum Gasteiger partial charge on any atom is 0.256 e. The molecular formula is C31H48ClN3O6. The van der Waals surface area contributed by atoms with Gasteiger partial charge in [0.25, 0.3) is 11.8 Å². The third-order valence-corrected chi connectivity index (χ3v) is 7.31. The van der Waals surface area contributed by atoms with Crippen molar-refractivity contribution in [2.24, 2.45) is 17.6 Å². The van der Waals surface area contributed by atoms with Crippen LogP contribution in [0, 0.1) is 11.8 Å². The van der Waals surface area contributed by atoms with Crippen LogP contribution in [0.3, 0.4) is 0 Å². The number of halogens is 1. The number of rotatable bonds is 18. The van der Waals surface area contributed by atoms with Crippen molar-refractivity contribution in [3.63, 3.8) is 0 Å². The first kappa shape index (κ1) is 36.3. The lowest BCUT2D eigenvalue weighted by Crippen LogP contribution is -2.50. The first-order valence-electron chi connectivity index (χ1n) is 14.0. The van der Waals surface area contributed by atoms with Crippen molar-refractivity contribution in [3.8, 4) is 5.75 Å². The van der Waals surface area contributed by atoms with Crippen molar-refractivity contribution in [2.45, 2.75) is 57.8 Å². The first-order chi connectivity index (χ1) is 19.1. The average Bonchev–Trinajstić information content (AvgIpc) is 2.97. The van der Waals surface area contributed by atoms with E-state index in [9.17, 15) is 14.7 Å². The summed E-state index contributed by atoms with van der Waals surface area (Å²) < 4.78 is 16.4. The fraction of sp³-hybridized carbons (Fsp3) is 0.548. The zero-order valence-electron chi connectivity index (χ0n) is 24.9. The van der Waals surface area contributed by atoms with E-state index in [0.29, 0.717) is 43.1 Å². The number of methoxy groups -OCH3 is 2. The number of carbonyl (C=O) groups is 2. The standard InChI is InChI=1S/C31H47N3O6.ClH/c1-22(2)23(20-33-29(36)25-15-9-10-16-28(25)40-18-12-11-17-38-4)19-26(32)27(35)21-34-30(37)31(3,39-5)24-13-7-6-8-14-24;/h6-10,13-16,22-23,26-27,35H,11-12,17-21,32H2,1-5H3,(H,33,36)(H,34,37);1H/t23-,26+,27+,31-;/m1./s1. The van der Waals surface area contributed by atoms with Crippen molar-refractivity contribution in [2.75, 3.05) is 40.5 Å². The lowest BCUT2D eigenvalue weighted by atomic mass is 9.87. The van der Waals surface area contributed by atoms with Crippen molar-refractivity contribution in [3.05, 3.63) is 65.7 Å². The van der Waals surface area contributed by atoms with Gasteiger partial charge in [0.05, 0.1) is 18.3 Å². The van der Waals surface area contributed by atoms with Crippen LogP contribution in [-0.2, 0) is 19.9 Å². The smallest absolute Gasteiger partial charge is 0.256 e. The number of amides is 2. The van der Waals surface area contributed by atoms with E-state index in [1.807, 2.05) is 36.4 Å². The third kappa shape index (κ3) is 11.2. The Labute approximate surface area is 250 Å². The molecule has 9 nitrogen and oxygen atoms in total. The lowest BCUT2D eigenvalue weighted by Gasteiger charge is -2.30. The molecule has 0 radical (unpaired) electrons. The molecule has 2 aromatic carbocycles. The summed E-state index contributed by atoms with van der Waals surface area (Å²) in [5, 5.41) is 16.5. The largest absolute Gasteiger partial charge is 0.493 e. The van der Waals surface area contributed by atoms with Crippen molar-refractivity contribution in [1.82, 2.24) is 10.6 Å². The van der Waals surface area contributed by atoms with Crippen LogP contribution < -0.4 is 21.1 Å². The summed E-state index contributed by atoms with van der Waals surface area (Å²) in [5.74, 6) is 0.175. The highest BCUT2D eigenvalue weighted by molar-refractivity contribution is 5.96. The maximum atomic E-state index is 13.0. The Kier molecular flexibility index (Phi) is 16.6. The van der Waals surface area contributed by atoms with Gasteiger partial charge in [0.1, 0.15) is 5.75 Å². The molecule has 10 heteroatoms. The predicted octanol–water partition coefficient (Wildman–Crippen LogP) is 3.67. The normalized spacial score (nSPS) is 14.7. The monoisotopic (exact) mass is 593 g/mol. The highest BCUT2D eigenvalue weighted by Crippen LogP contribution is 2.25. The minimum Gasteiger partial charge on any atom is -0.493 e. The number of carbonyl (C=O) groups excluding carboxylic acids is 2. The van der Waals surface area contributed by atoms with Crippen LogP contribution in [0.25, 0.3) is 0 Å². The summed E-state index contributed by atoms with van der Waals surface area (Å²) in [6.45, 7) is 7.34. The second-order valence-electron chi connectivity index (χ2n) is 10.5. The van der Waals surface area contributed by atoms with Gasteiger partial charge in [0, 0.05) is 40.0 Å². The van der Waals surface area contributed by atoms with Gasteiger partial charge < -0.3 is 35.7 Å². The summed E-state index contributed by atoms with van der Waals surface area (Å²) >= 11 is 0. The van der Waals surface area contributed by atoms with E-state index < -0.39 is 17.7 Å². The molecule has 41 heavy (non-hydrogen) atoms. The fourth-order valence-electron chi connectivity index (χ4n) is 4.34. The van der Waals surface area contributed by atoms with E-state index in [1.165, 1.54) is 7.11 Å². The minimum absolute atomic E-state index is 0. The number of nitrogens with two attached hydrogens (primary N) is 1. The van der Waals surface area contributed by atoms with Crippen LogP contribution >= 0.6 is 12.4 Å². The number of nitrogens with one attached hydrogen (secondary N) is 2. The molecule has 0 saturated heterocycles. The molecular weight excluding hydrogens is 546 g/mol. The van der Waals surface area contributed by atoms with Crippen LogP contribution in [0.4, 0.5) is 0 Å². The van der Waals surface area contributed by atoms with Crippen molar-refractivity contribution < 1.29 is 28.9 Å². The average molecular weight is 594 g/mol. The number of benzene rings is 2. The van der Waals surface area contributed by atoms with Crippen LogP contribution in [0.15, 0.2) is 54.6 Å². The quantitative estimate of drug-likeness (QED) is 0.194. The maximum absolute atomic E-state index is 13.0.